The molecule has 33 heavy (non-hydrogen) atoms. The van der Waals surface area contributed by atoms with Crippen LogP contribution in [0.25, 0.3) is 17.1 Å². The Morgan fingerprint density at radius 3 is 2.58 bits per heavy atom. The summed E-state index contributed by atoms with van der Waals surface area (Å²) < 4.78 is 12.7. The number of ether oxygens (including phenoxy) is 1. The Kier molecular flexibility index (Phi) is 6.42. The van der Waals surface area contributed by atoms with Gasteiger partial charge >= 0.3 is 0 Å². The molecule has 166 valence electrons. The number of nitrogens with zero attached hydrogens (tertiary/aromatic N) is 5. The van der Waals surface area contributed by atoms with E-state index >= 15 is 0 Å². The lowest BCUT2D eigenvalue weighted by Crippen LogP contribution is -2.17. The number of methoxy groups -OCH3 is 1. The maximum atomic E-state index is 12.8. The molecular formula is C23H20N6O3S. The van der Waals surface area contributed by atoms with E-state index in [2.05, 4.69) is 26.6 Å². The molecule has 1 aromatic carbocycles. The molecule has 0 atom stereocenters. The SMILES string of the molecule is COc1ccc(-n2c(C)c(C)c(C#N)c2NC(=O)CSc2nnc(-c3ccncc3)o2)cc1. The monoisotopic (exact) mass is 460 g/mol. The van der Waals surface area contributed by atoms with E-state index in [0.29, 0.717) is 23.0 Å². The number of amides is 1. The molecule has 3 heterocycles. The van der Waals surface area contributed by atoms with Gasteiger partial charge < -0.3 is 14.5 Å². The molecule has 1 N–H and O–H groups in total. The van der Waals surface area contributed by atoms with Crippen molar-refractivity contribution in [3.05, 3.63) is 65.6 Å². The molecule has 0 saturated carbocycles. The van der Waals surface area contributed by atoms with E-state index in [1.165, 1.54) is 0 Å². The van der Waals surface area contributed by atoms with Crippen LogP contribution in [0.4, 0.5) is 5.82 Å². The third-order valence-corrected chi connectivity index (χ3v) is 5.89. The van der Waals surface area contributed by atoms with Gasteiger partial charge in [-0.2, -0.15) is 5.26 Å². The zero-order valence-electron chi connectivity index (χ0n) is 18.2. The lowest BCUT2D eigenvalue weighted by Gasteiger charge is -2.13. The van der Waals surface area contributed by atoms with E-state index < -0.39 is 0 Å². The van der Waals surface area contributed by atoms with Crippen LogP contribution in [-0.4, -0.2) is 38.5 Å². The number of hydrogen-bond acceptors (Lipinski definition) is 8. The molecule has 0 bridgehead atoms. The van der Waals surface area contributed by atoms with Crippen LogP contribution in [0.1, 0.15) is 16.8 Å². The van der Waals surface area contributed by atoms with Crippen molar-refractivity contribution in [2.45, 2.75) is 19.1 Å². The average Bonchev–Trinajstić information content (AvgIpc) is 3.41. The van der Waals surface area contributed by atoms with Gasteiger partial charge in [0.2, 0.25) is 11.8 Å². The number of carbonyl (C=O) groups is 1. The number of anilines is 1. The standard InChI is InChI=1S/C23H20N6O3S/c1-14-15(2)29(17-4-6-18(31-3)7-5-17)21(19(14)12-24)26-20(30)13-33-23-28-27-22(32-23)16-8-10-25-11-9-16/h4-11H,13H2,1-3H3,(H,26,30). The summed E-state index contributed by atoms with van der Waals surface area (Å²) in [5, 5.41) is 20.9. The number of nitriles is 1. The minimum atomic E-state index is -0.299. The van der Waals surface area contributed by atoms with Gasteiger partial charge in [-0.05, 0) is 55.8 Å². The Labute approximate surface area is 194 Å². The number of thioether (sulfide) groups is 1. The average molecular weight is 461 g/mol. The highest BCUT2D eigenvalue weighted by Gasteiger charge is 2.21. The van der Waals surface area contributed by atoms with Crippen molar-refractivity contribution in [2.75, 3.05) is 18.2 Å². The summed E-state index contributed by atoms with van der Waals surface area (Å²) in [6, 6.07) is 13.1. The van der Waals surface area contributed by atoms with Gasteiger partial charge in [0, 0.05) is 29.3 Å². The maximum Gasteiger partial charge on any atom is 0.277 e. The Morgan fingerprint density at radius 1 is 1.18 bits per heavy atom. The third-order valence-electron chi connectivity index (χ3n) is 5.07. The van der Waals surface area contributed by atoms with E-state index in [0.717, 1.165) is 34.3 Å². The summed E-state index contributed by atoms with van der Waals surface area (Å²) in [4.78, 5) is 16.7. The second kappa shape index (κ2) is 9.58. The maximum absolute atomic E-state index is 12.8. The van der Waals surface area contributed by atoms with Crippen molar-refractivity contribution in [3.63, 3.8) is 0 Å². The van der Waals surface area contributed by atoms with Crippen molar-refractivity contribution >= 4 is 23.5 Å². The molecule has 0 radical (unpaired) electrons. The largest absolute Gasteiger partial charge is 0.497 e. The van der Waals surface area contributed by atoms with Crippen LogP contribution in [0.2, 0.25) is 0 Å². The van der Waals surface area contributed by atoms with E-state index in [1.807, 2.05) is 42.7 Å². The number of rotatable bonds is 7. The van der Waals surface area contributed by atoms with Gasteiger partial charge in [-0.1, -0.05) is 11.8 Å². The first-order valence-corrected chi connectivity index (χ1v) is 10.9. The predicted octanol–water partition coefficient (Wildman–Crippen LogP) is 4.15. The second-order valence-electron chi connectivity index (χ2n) is 7.03. The summed E-state index contributed by atoms with van der Waals surface area (Å²) in [7, 11) is 1.60. The highest BCUT2D eigenvalue weighted by Crippen LogP contribution is 2.31. The lowest BCUT2D eigenvalue weighted by atomic mass is 10.2. The molecule has 0 aliphatic carbocycles. The topological polar surface area (TPSA) is 119 Å². The summed E-state index contributed by atoms with van der Waals surface area (Å²) in [5.41, 5.74) is 3.63. The zero-order chi connectivity index (χ0) is 23.4. The normalized spacial score (nSPS) is 10.6. The fourth-order valence-corrected chi connectivity index (χ4v) is 3.85. The molecular weight excluding hydrogens is 440 g/mol. The minimum absolute atomic E-state index is 0.0364. The quantitative estimate of drug-likeness (QED) is 0.409. The van der Waals surface area contributed by atoms with Gasteiger partial charge in [-0.25, -0.2) is 0 Å². The number of carbonyl (C=O) groups excluding carboxylic acids is 1. The molecule has 9 nitrogen and oxygen atoms in total. The van der Waals surface area contributed by atoms with E-state index in [9.17, 15) is 10.1 Å². The summed E-state index contributed by atoms with van der Waals surface area (Å²) >= 11 is 1.12. The van der Waals surface area contributed by atoms with Crippen molar-refractivity contribution in [2.24, 2.45) is 0 Å². The zero-order valence-corrected chi connectivity index (χ0v) is 19.0. The van der Waals surface area contributed by atoms with Gasteiger partial charge in [-0.3, -0.25) is 14.3 Å². The third kappa shape index (κ3) is 4.58. The Balaban J connectivity index is 1.52. The van der Waals surface area contributed by atoms with Crippen molar-refractivity contribution in [3.8, 4) is 29.0 Å². The molecule has 0 aliphatic heterocycles. The molecule has 3 aromatic heterocycles. The first-order chi connectivity index (χ1) is 16.0. The predicted molar refractivity (Wildman–Crippen MR) is 123 cm³/mol. The number of benzene rings is 1. The minimum Gasteiger partial charge on any atom is -0.497 e. The van der Waals surface area contributed by atoms with Gasteiger partial charge in [0.15, 0.2) is 0 Å². The molecule has 4 aromatic rings. The van der Waals surface area contributed by atoms with E-state index in [4.69, 9.17) is 9.15 Å². The summed E-state index contributed by atoms with van der Waals surface area (Å²) in [6.45, 7) is 3.77. The Hall–Kier alpha value is -4.10. The molecule has 0 unspecified atom stereocenters. The Morgan fingerprint density at radius 2 is 1.91 bits per heavy atom. The first-order valence-electron chi connectivity index (χ1n) is 9.94. The molecule has 0 aliphatic rings. The molecule has 0 fully saturated rings. The summed E-state index contributed by atoms with van der Waals surface area (Å²) in [5.74, 6) is 1.23. The smallest absolute Gasteiger partial charge is 0.277 e. The fraction of sp³-hybridized carbons (Fsp3) is 0.174. The van der Waals surface area contributed by atoms with Crippen LogP contribution in [-0.2, 0) is 4.79 Å². The van der Waals surface area contributed by atoms with Crippen molar-refractivity contribution in [1.29, 1.82) is 5.26 Å². The first kappa shape index (κ1) is 22.1. The number of aromatic nitrogens is 4. The fourth-order valence-electron chi connectivity index (χ4n) is 3.29. The molecule has 10 heteroatoms. The van der Waals surface area contributed by atoms with Crippen LogP contribution in [0, 0.1) is 25.2 Å². The lowest BCUT2D eigenvalue weighted by molar-refractivity contribution is -0.113. The number of hydrogen-bond donors (Lipinski definition) is 1. The molecule has 0 saturated heterocycles. The second-order valence-corrected chi connectivity index (χ2v) is 7.95. The van der Waals surface area contributed by atoms with Crippen LogP contribution in [0.3, 0.4) is 0 Å². The van der Waals surface area contributed by atoms with Crippen molar-refractivity contribution < 1.29 is 13.9 Å². The number of nitrogens with one attached hydrogen (secondary N) is 1. The van der Waals surface area contributed by atoms with Gasteiger partial charge in [0.1, 0.15) is 17.6 Å². The highest BCUT2D eigenvalue weighted by molar-refractivity contribution is 7.99. The van der Waals surface area contributed by atoms with Gasteiger partial charge in [0.25, 0.3) is 5.22 Å². The van der Waals surface area contributed by atoms with Crippen LogP contribution < -0.4 is 10.1 Å². The molecule has 4 rings (SSSR count). The molecule has 1 amide bonds. The number of pyridine rings is 1. The molecule has 0 spiro atoms. The van der Waals surface area contributed by atoms with Crippen LogP contribution >= 0.6 is 11.8 Å². The summed E-state index contributed by atoms with van der Waals surface area (Å²) in [6.07, 6.45) is 3.27. The van der Waals surface area contributed by atoms with Gasteiger partial charge in [-0.15, -0.1) is 10.2 Å². The van der Waals surface area contributed by atoms with E-state index in [-0.39, 0.29) is 16.9 Å². The van der Waals surface area contributed by atoms with Crippen LogP contribution in [0.5, 0.6) is 5.75 Å². The Bertz CT molecular complexity index is 1320. The highest BCUT2D eigenvalue weighted by atomic mass is 32.2. The van der Waals surface area contributed by atoms with E-state index in [1.54, 1.807) is 31.6 Å². The van der Waals surface area contributed by atoms with Crippen LogP contribution in [0.15, 0.2) is 58.4 Å². The van der Waals surface area contributed by atoms with Crippen molar-refractivity contribution in [1.82, 2.24) is 19.7 Å². The van der Waals surface area contributed by atoms with Gasteiger partial charge in [0.05, 0.1) is 18.4 Å².